The molecule has 0 spiro atoms. The number of rotatable bonds is 14. The SMILES string of the molecule is C=C(CN1CCOCC1)C(=O)CC[C@@H](NC(=O)[C@@H](CC(C)=O)Cc1nc2ccc(C(C)C)cc2s1)C1CCCCC1. The smallest absolute Gasteiger partial charge is 0.224 e. The highest BCUT2D eigenvalue weighted by atomic mass is 32.1. The summed E-state index contributed by atoms with van der Waals surface area (Å²) in [4.78, 5) is 46.0. The van der Waals surface area contributed by atoms with Crippen molar-refractivity contribution in [2.24, 2.45) is 11.8 Å². The summed E-state index contributed by atoms with van der Waals surface area (Å²) in [6, 6.07) is 6.27. The second-order valence-electron chi connectivity index (χ2n) is 12.3. The molecule has 2 aliphatic rings. The summed E-state index contributed by atoms with van der Waals surface area (Å²) < 4.78 is 6.53. The highest BCUT2D eigenvalue weighted by Gasteiger charge is 2.30. The normalized spacial score (nSPS) is 18.3. The van der Waals surface area contributed by atoms with Crippen LogP contribution in [0.15, 0.2) is 30.4 Å². The third-order valence-corrected chi connectivity index (χ3v) is 9.63. The molecule has 2 aromatic rings. The Morgan fingerprint density at radius 3 is 2.56 bits per heavy atom. The second-order valence-corrected chi connectivity index (χ2v) is 13.4. The molecule has 2 fully saturated rings. The van der Waals surface area contributed by atoms with Gasteiger partial charge in [-0.3, -0.25) is 14.5 Å². The van der Waals surface area contributed by atoms with Gasteiger partial charge in [0.05, 0.1) is 34.4 Å². The van der Waals surface area contributed by atoms with Gasteiger partial charge in [0.25, 0.3) is 0 Å². The van der Waals surface area contributed by atoms with E-state index in [1.807, 2.05) is 6.07 Å². The summed E-state index contributed by atoms with van der Waals surface area (Å²) >= 11 is 1.61. The molecule has 0 bridgehead atoms. The topological polar surface area (TPSA) is 88.6 Å². The summed E-state index contributed by atoms with van der Waals surface area (Å²) in [5.41, 5.74) is 2.84. The van der Waals surface area contributed by atoms with E-state index < -0.39 is 5.92 Å². The van der Waals surface area contributed by atoms with E-state index >= 15 is 0 Å². The number of Topliss-reactive ketones (excluding diaryl/α,β-unsaturated/α-hetero) is 2. The molecule has 1 aliphatic carbocycles. The van der Waals surface area contributed by atoms with Crippen LogP contribution in [0.4, 0.5) is 0 Å². The zero-order valence-electron chi connectivity index (χ0n) is 25.1. The minimum Gasteiger partial charge on any atom is -0.379 e. The third kappa shape index (κ3) is 9.29. The first-order valence-corrected chi connectivity index (χ1v) is 16.2. The number of hydrogen-bond acceptors (Lipinski definition) is 7. The number of ether oxygens (including phenoxy) is 1. The van der Waals surface area contributed by atoms with E-state index in [1.54, 1.807) is 18.3 Å². The van der Waals surface area contributed by atoms with Crippen LogP contribution in [0, 0.1) is 11.8 Å². The Morgan fingerprint density at radius 1 is 1.15 bits per heavy atom. The molecule has 8 heteroatoms. The zero-order valence-corrected chi connectivity index (χ0v) is 25.9. The second kappa shape index (κ2) is 15.2. The molecule has 1 saturated heterocycles. The monoisotopic (exact) mass is 581 g/mol. The molecule has 0 unspecified atom stereocenters. The Bertz CT molecular complexity index is 1210. The quantitative estimate of drug-likeness (QED) is 0.281. The van der Waals surface area contributed by atoms with Gasteiger partial charge in [-0.05, 0) is 55.7 Å². The Balaban J connectivity index is 1.42. The van der Waals surface area contributed by atoms with Crippen molar-refractivity contribution in [3.63, 3.8) is 0 Å². The average molecular weight is 582 g/mol. The molecule has 1 aromatic heterocycles. The lowest BCUT2D eigenvalue weighted by atomic mass is 9.81. The van der Waals surface area contributed by atoms with Crippen molar-refractivity contribution in [3.8, 4) is 0 Å². The highest BCUT2D eigenvalue weighted by Crippen LogP contribution is 2.31. The van der Waals surface area contributed by atoms with Gasteiger partial charge in [0.15, 0.2) is 5.78 Å². The molecule has 1 N–H and O–H groups in total. The Hall–Kier alpha value is -2.42. The van der Waals surface area contributed by atoms with E-state index in [1.165, 1.54) is 12.0 Å². The van der Waals surface area contributed by atoms with Crippen LogP contribution in [0.5, 0.6) is 0 Å². The molecule has 4 rings (SSSR count). The molecule has 7 nitrogen and oxygen atoms in total. The summed E-state index contributed by atoms with van der Waals surface area (Å²) in [5, 5.41) is 4.20. The van der Waals surface area contributed by atoms with Crippen LogP contribution in [0.25, 0.3) is 10.2 Å². The molecule has 41 heavy (non-hydrogen) atoms. The number of thiazole rings is 1. The van der Waals surface area contributed by atoms with Crippen LogP contribution in [0.3, 0.4) is 0 Å². The number of hydrogen-bond donors (Lipinski definition) is 1. The van der Waals surface area contributed by atoms with Gasteiger partial charge in [-0.2, -0.15) is 0 Å². The molecule has 1 aliphatic heterocycles. The summed E-state index contributed by atoms with van der Waals surface area (Å²) in [5.74, 6) is 0.275. The van der Waals surface area contributed by atoms with Gasteiger partial charge in [-0.25, -0.2) is 4.98 Å². The number of ketones is 2. The average Bonchev–Trinajstić information content (AvgIpc) is 3.37. The van der Waals surface area contributed by atoms with Crippen LogP contribution in [-0.4, -0.2) is 66.2 Å². The summed E-state index contributed by atoms with van der Waals surface area (Å²) in [6.07, 6.45) is 7.23. The molecule has 1 amide bonds. The van der Waals surface area contributed by atoms with Gasteiger partial charge in [0.1, 0.15) is 5.78 Å². The van der Waals surface area contributed by atoms with Gasteiger partial charge in [0, 0.05) is 50.5 Å². The van der Waals surface area contributed by atoms with E-state index in [-0.39, 0.29) is 29.9 Å². The number of amides is 1. The van der Waals surface area contributed by atoms with Crippen LogP contribution in [-0.2, 0) is 25.5 Å². The Morgan fingerprint density at radius 2 is 1.88 bits per heavy atom. The number of fused-ring (bicyclic) bond motifs is 1. The lowest BCUT2D eigenvalue weighted by Crippen LogP contribution is -2.45. The van der Waals surface area contributed by atoms with Gasteiger partial charge < -0.3 is 14.8 Å². The van der Waals surface area contributed by atoms with Crippen molar-refractivity contribution in [2.45, 2.75) is 90.5 Å². The molecule has 0 radical (unpaired) electrons. The van der Waals surface area contributed by atoms with Crippen molar-refractivity contribution in [3.05, 3.63) is 40.9 Å². The number of nitrogens with one attached hydrogen (secondary N) is 1. The number of morpholine rings is 1. The predicted molar refractivity (Wildman–Crippen MR) is 165 cm³/mol. The van der Waals surface area contributed by atoms with Crippen molar-refractivity contribution < 1.29 is 19.1 Å². The molecular formula is C33H47N3O4S. The fourth-order valence-electron chi connectivity index (χ4n) is 6.09. The lowest BCUT2D eigenvalue weighted by Gasteiger charge is -2.32. The van der Waals surface area contributed by atoms with Crippen molar-refractivity contribution >= 4 is 39.0 Å². The standard InChI is InChI=1S/C33H47N3O4S/c1-22(2)26-10-11-29-31(19-26)41-32(34-29)20-27(18-24(4)37)33(39)35-28(25-8-6-5-7-9-25)12-13-30(38)23(3)21-36-14-16-40-17-15-36/h10-11,19,22,25,27-28H,3,5-9,12-18,20-21H2,1-2,4H3,(H,35,39)/t27-,28+/m0/s1. The van der Waals surface area contributed by atoms with Crippen LogP contribution < -0.4 is 5.32 Å². The van der Waals surface area contributed by atoms with Crippen LogP contribution in [0.2, 0.25) is 0 Å². The lowest BCUT2D eigenvalue weighted by molar-refractivity contribution is -0.130. The predicted octanol–water partition coefficient (Wildman–Crippen LogP) is 5.86. The zero-order chi connectivity index (χ0) is 29.4. The number of benzene rings is 1. The minimum atomic E-state index is -0.476. The van der Waals surface area contributed by atoms with Crippen LogP contribution in [0.1, 0.15) is 88.6 Å². The molecule has 1 aromatic carbocycles. The first-order valence-electron chi connectivity index (χ1n) is 15.4. The highest BCUT2D eigenvalue weighted by molar-refractivity contribution is 7.18. The van der Waals surface area contributed by atoms with Crippen molar-refractivity contribution in [1.82, 2.24) is 15.2 Å². The third-order valence-electron chi connectivity index (χ3n) is 8.59. The van der Waals surface area contributed by atoms with Crippen molar-refractivity contribution in [1.29, 1.82) is 0 Å². The number of aromatic nitrogens is 1. The number of nitrogens with zero attached hydrogens (tertiary/aromatic N) is 2. The maximum absolute atomic E-state index is 13.7. The first kappa shape index (κ1) is 31.5. The molecule has 2 atom stereocenters. The van der Waals surface area contributed by atoms with Gasteiger partial charge in [-0.1, -0.05) is 45.8 Å². The van der Waals surface area contributed by atoms with Gasteiger partial charge >= 0.3 is 0 Å². The molecule has 224 valence electrons. The summed E-state index contributed by atoms with van der Waals surface area (Å²) in [7, 11) is 0. The molecular weight excluding hydrogens is 534 g/mol. The van der Waals surface area contributed by atoms with E-state index in [0.29, 0.717) is 56.4 Å². The van der Waals surface area contributed by atoms with E-state index in [0.717, 1.165) is 54.0 Å². The fourth-order valence-corrected chi connectivity index (χ4v) is 7.19. The maximum atomic E-state index is 13.7. The van der Waals surface area contributed by atoms with Gasteiger partial charge in [-0.15, -0.1) is 11.3 Å². The van der Waals surface area contributed by atoms with E-state index in [2.05, 4.69) is 42.8 Å². The van der Waals surface area contributed by atoms with E-state index in [4.69, 9.17) is 9.72 Å². The Labute approximate surface area is 249 Å². The minimum absolute atomic E-state index is 0.00263. The molecule has 1 saturated carbocycles. The first-order chi connectivity index (χ1) is 19.7. The summed E-state index contributed by atoms with van der Waals surface area (Å²) in [6.45, 7) is 13.6. The number of carbonyl (C=O) groups excluding carboxylic acids is 3. The van der Waals surface area contributed by atoms with Crippen molar-refractivity contribution in [2.75, 3.05) is 32.8 Å². The van der Waals surface area contributed by atoms with Gasteiger partial charge in [0.2, 0.25) is 5.91 Å². The van der Waals surface area contributed by atoms with Crippen LogP contribution >= 0.6 is 11.3 Å². The number of carbonyl (C=O) groups is 3. The molecule has 2 heterocycles. The Kier molecular flexibility index (Phi) is 11.7. The largest absolute Gasteiger partial charge is 0.379 e. The maximum Gasteiger partial charge on any atom is 0.224 e. The van der Waals surface area contributed by atoms with E-state index in [9.17, 15) is 14.4 Å². The fraction of sp³-hybridized carbons (Fsp3) is 0.636.